The zero-order valence-corrected chi connectivity index (χ0v) is 11.9. The maximum Gasteiger partial charge on any atom is 0.276 e. The molecule has 0 bridgehead atoms. The number of nitrogens with one attached hydrogen (secondary N) is 1. The van der Waals surface area contributed by atoms with Gasteiger partial charge in [-0.25, -0.2) is 9.50 Å². The molecule has 0 radical (unpaired) electrons. The summed E-state index contributed by atoms with van der Waals surface area (Å²) in [5.41, 5.74) is 3.68. The molecule has 0 aliphatic heterocycles. The summed E-state index contributed by atoms with van der Waals surface area (Å²) in [5, 5.41) is 5.22. The Balaban J connectivity index is 1.95. The monoisotopic (exact) mass is 285 g/mol. The van der Waals surface area contributed by atoms with Gasteiger partial charge >= 0.3 is 0 Å². The highest BCUT2D eigenvalue weighted by Crippen LogP contribution is 2.24. The Hall–Kier alpha value is -1.88. The standard InChI is InChI=1S/C15H15N3OS/c19-15-10-5-2-1-3-6-11(10)16-14-9-12(17-18(14)15)13-7-4-8-20-13/h4,7-9,17H,1-3,5-6H2. The Labute approximate surface area is 120 Å². The van der Waals surface area contributed by atoms with E-state index in [-0.39, 0.29) is 5.56 Å². The van der Waals surface area contributed by atoms with Crippen molar-refractivity contribution in [2.24, 2.45) is 0 Å². The summed E-state index contributed by atoms with van der Waals surface area (Å²) in [7, 11) is 0. The van der Waals surface area contributed by atoms with Gasteiger partial charge in [0.15, 0.2) is 5.65 Å². The topological polar surface area (TPSA) is 50.2 Å². The van der Waals surface area contributed by atoms with Crippen LogP contribution in [0, 0.1) is 0 Å². The van der Waals surface area contributed by atoms with E-state index in [0.717, 1.165) is 53.2 Å². The van der Waals surface area contributed by atoms with Gasteiger partial charge in [0.2, 0.25) is 0 Å². The van der Waals surface area contributed by atoms with Crippen LogP contribution in [-0.2, 0) is 12.8 Å². The lowest BCUT2D eigenvalue weighted by Gasteiger charge is -2.03. The highest BCUT2D eigenvalue weighted by Gasteiger charge is 2.17. The van der Waals surface area contributed by atoms with Crippen LogP contribution < -0.4 is 5.56 Å². The SMILES string of the molecule is O=c1c2c(nc3cc(-c4cccs4)[nH]n13)CCCCC2. The second-order valence-electron chi connectivity index (χ2n) is 5.24. The lowest BCUT2D eigenvalue weighted by atomic mass is 10.1. The first-order valence-corrected chi connectivity index (χ1v) is 7.88. The molecule has 0 amide bonds. The van der Waals surface area contributed by atoms with Gasteiger partial charge in [0.05, 0.1) is 16.3 Å². The molecule has 0 aromatic carbocycles. The Morgan fingerprint density at radius 1 is 1.25 bits per heavy atom. The first-order valence-electron chi connectivity index (χ1n) is 7.00. The third-order valence-corrected chi connectivity index (χ3v) is 4.82. The van der Waals surface area contributed by atoms with E-state index >= 15 is 0 Å². The van der Waals surface area contributed by atoms with Crippen molar-refractivity contribution in [1.82, 2.24) is 14.6 Å². The van der Waals surface area contributed by atoms with Gasteiger partial charge in [0.1, 0.15) is 0 Å². The number of hydrogen-bond donors (Lipinski definition) is 1. The average molecular weight is 285 g/mol. The summed E-state index contributed by atoms with van der Waals surface area (Å²) in [4.78, 5) is 18.4. The molecule has 3 aromatic heterocycles. The summed E-state index contributed by atoms with van der Waals surface area (Å²) in [5.74, 6) is 0. The van der Waals surface area contributed by atoms with Crippen LogP contribution in [0.15, 0.2) is 28.4 Å². The molecule has 102 valence electrons. The van der Waals surface area contributed by atoms with E-state index in [1.54, 1.807) is 15.9 Å². The van der Waals surface area contributed by atoms with E-state index in [9.17, 15) is 4.79 Å². The van der Waals surface area contributed by atoms with Crippen molar-refractivity contribution in [2.75, 3.05) is 0 Å². The van der Waals surface area contributed by atoms with Gasteiger partial charge in [-0.1, -0.05) is 12.5 Å². The van der Waals surface area contributed by atoms with Crippen LogP contribution in [0.1, 0.15) is 30.5 Å². The van der Waals surface area contributed by atoms with Crippen LogP contribution in [0.4, 0.5) is 0 Å². The molecule has 1 aliphatic carbocycles. The molecular formula is C15H15N3OS. The number of aryl methyl sites for hydroxylation is 1. The zero-order chi connectivity index (χ0) is 13.5. The van der Waals surface area contributed by atoms with Gasteiger partial charge in [-0.15, -0.1) is 11.3 Å². The van der Waals surface area contributed by atoms with E-state index in [1.165, 1.54) is 6.42 Å². The first kappa shape index (κ1) is 11.9. The van der Waals surface area contributed by atoms with Crippen LogP contribution in [0.25, 0.3) is 16.2 Å². The minimum atomic E-state index is 0.0784. The molecule has 1 N–H and O–H groups in total. The quantitative estimate of drug-likeness (QED) is 0.699. The number of hydrogen-bond acceptors (Lipinski definition) is 3. The molecule has 3 heterocycles. The minimum absolute atomic E-state index is 0.0784. The smallest absolute Gasteiger partial charge is 0.276 e. The minimum Gasteiger partial charge on any atom is -0.288 e. The number of rotatable bonds is 1. The molecular weight excluding hydrogens is 270 g/mol. The van der Waals surface area contributed by atoms with Crippen LogP contribution >= 0.6 is 11.3 Å². The largest absolute Gasteiger partial charge is 0.288 e. The molecule has 5 heteroatoms. The Morgan fingerprint density at radius 2 is 2.15 bits per heavy atom. The molecule has 0 fully saturated rings. The molecule has 0 atom stereocenters. The number of thiophene rings is 1. The Morgan fingerprint density at radius 3 is 3.00 bits per heavy atom. The predicted octanol–water partition coefficient (Wildman–Crippen LogP) is 3.02. The van der Waals surface area contributed by atoms with Gasteiger partial charge in [-0.2, -0.15) is 0 Å². The van der Waals surface area contributed by atoms with E-state index < -0.39 is 0 Å². The summed E-state index contributed by atoms with van der Waals surface area (Å²) in [6.45, 7) is 0. The van der Waals surface area contributed by atoms with Crippen molar-refractivity contribution in [3.05, 3.63) is 45.2 Å². The third kappa shape index (κ3) is 1.81. The summed E-state index contributed by atoms with van der Waals surface area (Å²) in [6, 6.07) is 6.03. The fraction of sp³-hybridized carbons (Fsp3) is 0.333. The van der Waals surface area contributed by atoms with Crippen LogP contribution in [0.2, 0.25) is 0 Å². The number of nitrogens with zero attached hydrogens (tertiary/aromatic N) is 2. The average Bonchev–Trinajstić information content (AvgIpc) is 3.04. The highest BCUT2D eigenvalue weighted by molar-refractivity contribution is 7.13. The van der Waals surface area contributed by atoms with Crippen LogP contribution in [0.3, 0.4) is 0 Å². The Kier molecular flexibility index (Phi) is 2.73. The van der Waals surface area contributed by atoms with E-state index in [1.807, 2.05) is 23.6 Å². The molecule has 4 rings (SSSR count). The fourth-order valence-electron chi connectivity index (χ4n) is 2.89. The summed E-state index contributed by atoms with van der Waals surface area (Å²) >= 11 is 1.66. The number of H-pyrrole nitrogens is 1. The maximum absolute atomic E-state index is 12.6. The fourth-order valence-corrected chi connectivity index (χ4v) is 3.58. The normalized spacial score (nSPS) is 15.2. The molecule has 20 heavy (non-hydrogen) atoms. The number of fused-ring (bicyclic) bond motifs is 2. The highest BCUT2D eigenvalue weighted by atomic mass is 32.1. The van der Waals surface area contributed by atoms with Crippen LogP contribution in [-0.4, -0.2) is 14.6 Å². The van der Waals surface area contributed by atoms with Crippen molar-refractivity contribution in [3.63, 3.8) is 0 Å². The van der Waals surface area contributed by atoms with Gasteiger partial charge in [-0.3, -0.25) is 9.89 Å². The molecule has 1 aliphatic rings. The van der Waals surface area contributed by atoms with Crippen molar-refractivity contribution in [2.45, 2.75) is 32.1 Å². The molecule has 3 aromatic rings. The van der Waals surface area contributed by atoms with Gasteiger partial charge in [-0.05, 0) is 37.1 Å². The summed E-state index contributed by atoms with van der Waals surface area (Å²) in [6.07, 6.45) is 5.21. The molecule has 0 saturated carbocycles. The second-order valence-corrected chi connectivity index (χ2v) is 6.19. The molecule has 4 nitrogen and oxygen atoms in total. The lowest BCUT2D eigenvalue weighted by Crippen LogP contribution is -2.22. The first-order chi connectivity index (χ1) is 9.83. The zero-order valence-electron chi connectivity index (χ0n) is 11.1. The predicted molar refractivity (Wildman–Crippen MR) is 80.4 cm³/mol. The van der Waals surface area contributed by atoms with Gasteiger partial charge in [0.25, 0.3) is 5.56 Å². The van der Waals surface area contributed by atoms with Gasteiger partial charge in [0, 0.05) is 11.6 Å². The maximum atomic E-state index is 12.6. The third-order valence-electron chi connectivity index (χ3n) is 3.92. The molecule has 0 saturated heterocycles. The van der Waals surface area contributed by atoms with Crippen LogP contribution in [0.5, 0.6) is 0 Å². The molecule has 0 spiro atoms. The molecule has 0 unspecified atom stereocenters. The van der Waals surface area contributed by atoms with Crippen molar-refractivity contribution >= 4 is 17.0 Å². The lowest BCUT2D eigenvalue weighted by molar-refractivity contribution is 0.708. The Bertz CT molecular complexity index is 814. The number of aromatic nitrogens is 3. The summed E-state index contributed by atoms with van der Waals surface area (Å²) < 4.78 is 1.60. The van der Waals surface area contributed by atoms with Gasteiger partial charge < -0.3 is 0 Å². The van der Waals surface area contributed by atoms with Crippen molar-refractivity contribution < 1.29 is 0 Å². The van der Waals surface area contributed by atoms with E-state index in [2.05, 4.69) is 5.10 Å². The second kappa shape index (κ2) is 4.59. The number of aromatic amines is 1. The van der Waals surface area contributed by atoms with Crippen molar-refractivity contribution in [1.29, 1.82) is 0 Å². The van der Waals surface area contributed by atoms with E-state index in [4.69, 9.17) is 4.98 Å². The van der Waals surface area contributed by atoms with Crippen molar-refractivity contribution in [3.8, 4) is 10.6 Å². The van der Waals surface area contributed by atoms with E-state index in [0.29, 0.717) is 0 Å².